The van der Waals surface area contributed by atoms with Crippen LogP contribution in [0.3, 0.4) is 0 Å². The summed E-state index contributed by atoms with van der Waals surface area (Å²) in [6, 6.07) is 17.7. The molecule has 2 aliphatic heterocycles. The third-order valence-corrected chi connectivity index (χ3v) is 7.73. The molecule has 1 unspecified atom stereocenters. The van der Waals surface area contributed by atoms with Gasteiger partial charge in [0.15, 0.2) is 11.5 Å². The molecule has 0 bridgehead atoms. The van der Waals surface area contributed by atoms with Crippen LogP contribution in [0.25, 0.3) is 0 Å². The number of nitrogens with zero attached hydrogens (tertiary/aromatic N) is 2. The van der Waals surface area contributed by atoms with Crippen LogP contribution in [0, 0.1) is 0 Å². The number of hydrogen-bond acceptors (Lipinski definition) is 7. The minimum atomic E-state index is -0.556. The van der Waals surface area contributed by atoms with Crippen molar-refractivity contribution in [3.05, 3.63) is 77.5 Å². The van der Waals surface area contributed by atoms with Gasteiger partial charge in [-0.2, -0.15) is 0 Å². The molecule has 37 heavy (non-hydrogen) atoms. The highest BCUT2D eigenvalue weighted by Crippen LogP contribution is 2.51. The standard InChI is InChI=1S/C29H31N3O5/c1-35-23-4-2-3-19(15-23)27(32-13-9-22(33)10-14-32)20-5-8-26(30-17-20)31-28(34)29(11-12-29)21-6-7-24-25(16-21)37-18-36-24/h2-8,15-17,22,27,33H,9-14,18H2,1H3,(H,30,31,34). The molecular formula is C29H31N3O5. The number of piperidine rings is 1. The summed E-state index contributed by atoms with van der Waals surface area (Å²) in [6.07, 6.45) is 4.64. The first-order chi connectivity index (χ1) is 18.1. The van der Waals surface area contributed by atoms with Crippen LogP contribution in [-0.2, 0) is 10.2 Å². The highest BCUT2D eigenvalue weighted by molar-refractivity contribution is 6.01. The number of carbonyl (C=O) groups is 1. The normalized spacial score (nSPS) is 19.3. The smallest absolute Gasteiger partial charge is 0.236 e. The number of carbonyl (C=O) groups excluding carboxylic acids is 1. The van der Waals surface area contributed by atoms with Crippen LogP contribution in [0.5, 0.6) is 17.2 Å². The molecule has 8 heteroatoms. The Labute approximate surface area is 216 Å². The van der Waals surface area contributed by atoms with Gasteiger partial charge in [-0.3, -0.25) is 9.69 Å². The number of anilines is 1. The first-order valence-electron chi connectivity index (χ1n) is 12.8. The zero-order chi connectivity index (χ0) is 25.4. The van der Waals surface area contributed by atoms with E-state index in [1.54, 1.807) is 7.11 Å². The van der Waals surface area contributed by atoms with Gasteiger partial charge < -0.3 is 24.6 Å². The van der Waals surface area contributed by atoms with Gasteiger partial charge in [0.05, 0.1) is 24.7 Å². The Morgan fingerprint density at radius 3 is 2.62 bits per heavy atom. The van der Waals surface area contributed by atoms with Crippen LogP contribution in [0.1, 0.15) is 48.4 Å². The van der Waals surface area contributed by atoms with E-state index in [2.05, 4.69) is 21.3 Å². The molecule has 3 heterocycles. The van der Waals surface area contributed by atoms with E-state index >= 15 is 0 Å². The van der Waals surface area contributed by atoms with E-state index in [9.17, 15) is 9.90 Å². The molecule has 8 nitrogen and oxygen atoms in total. The fraction of sp³-hybridized carbons (Fsp3) is 0.379. The van der Waals surface area contributed by atoms with Crippen LogP contribution in [0.15, 0.2) is 60.8 Å². The molecule has 0 radical (unpaired) electrons. The van der Waals surface area contributed by atoms with E-state index in [1.807, 2.05) is 54.7 Å². The number of rotatable bonds is 7. The number of aromatic nitrogens is 1. The molecule has 6 rings (SSSR count). The van der Waals surface area contributed by atoms with Crippen LogP contribution >= 0.6 is 0 Å². The summed E-state index contributed by atoms with van der Waals surface area (Å²) in [5.74, 6) is 2.67. The van der Waals surface area contributed by atoms with Crippen LogP contribution in [-0.4, -0.2) is 54.0 Å². The molecule has 2 N–H and O–H groups in total. The summed E-state index contributed by atoms with van der Waals surface area (Å²) in [7, 11) is 1.67. The van der Waals surface area contributed by atoms with Gasteiger partial charge in [-0.05, 0) is 72.7 Å². The number of aliphatic hydroxyl groups is 1. The number of nitrogens with one attached hydrogen (secondary N) is 1. The van der Waals surface area contributed by atoms with Gasteiger partial charge in [-0.1, -0.05) is 24.3 Å². The molecule has 2 fully saturated rings. The van der Waals surface area contributed by atoms with Gasteiger partial charge >= 0.3 is 0 Å². The number of aliphatic hydroxyl groups excluding tert-OH is 1. The SMILES string of the molecule is COc1cccc(C(c2ccc(NC(=O)C3(c4ccc5c(c4)OCO5)CC3)nc2)N2CCC(O)CC2)c1. The Bertz CT molecular complexity index is 1280. The number of amides is 1. The molecule has 1 atom stereocenters. The lowest BCUT2D eigenvalue weighted by Crippen LogP contribution is -2.39. The highest BCUT2D eigenvalue weighted by atomic mass is 16.7. The third-order valence-electron chi connectivity index (χ3n) is 7.73. The van der Waals surface area contributed by atoms with Crippen molar-refractivity contribution in [2.75, 3.05) is 32.3 Å². The Balaban J connectivity index is 1.22. The van der Waals surface area contributed by atoms with Crippen molar-refractivity contribution in [2.45, 2.75) is 43.2 Å². The second-order valence-electron chi connectivity index (χ2n) is 10.0. The number of fused-ring (bicyclic) bond motifs is 1. The quantitative estimate of drug-likeness (QED) is 0.505. The first kappa shape index (κ1) is 23.8. The van der Waals surface area contributed by atoms with Crippen LogP contribution < -0.4 is 19.5 Å². The molecule has 3 aliphatic rings. The summed E-state index contributed by atoms with van der Waals surface area (Å²) in [4.78, 5) is 20.3. The van der Waals surface area contributed by atoms with E-state index in [1.165, 1.54) is 0 Å². The summed E-state index contributed by atoms with van der Waals surface area (Å²) in [6.45, 7) is 1.79. The third kappa shape index (κ3) is 4.63. The fourth-order valence-electron chi connectivity index (χ4n) is 5.41. The Hall–Kier alpha value is -3.62. The lowest BCUT2D eigenvalue weighted by molar-refractivity contribution is -0.118. The zero-order valence-electron chi connectivity index (χ0n) is 20.9. The second kappa shape index (κ2) is 9.68. The summed E-state index contributed by atoms with van der Waals surface area (Å²) < 4.78 is 16.4. The second-order valence-corrected chi connectivity index (χ2v) is 10.0. The van der Waals surface area contributed by atoms with E-state index in [0.717, 1.165) is 61.2 Å². The van der Waals surface area contributed by atoms with Crippen molar-refractivity contribution in [3.63, 3.8) is 0 Å². The summed E-state index contributed by atoms with van der Waals surface area (Å²) in [5, 5.41) is 13.1. The van der Waals surface area contributed by atoms with Gasteiger partial charge in [0.1, 0.15) is 11.6 Å². The molecule has 1 aliphatic carbocycles. The molecule has 3 aromatic rings. The average Bonchev–Trinajstić information content (AvgIpc) is 3.61. The van der Waals surface area contributed by atoms with Gasteiger partial charge in [0.25, 0.3) is 0 Å². The molecule has 2 aromatic carbocycles. The Morgan fingerprint density at radius 2 is 1.89 bits per heavy atom. The monoisotopic (exact) mass is 501 g/mol. The fourth-order valence-corrected chi connectivity index (χ4v) is 5.41. The molecule has 1 saturated carbocycles. The number of benzene rings is 2. The maximum absolute atomic E-state index is 13.3. The van der Waals surface area contributed by atoms with E-state index < -0.39 is 5.41 Å². The number of pyridine rings is 1. The zero-order valence-corrected chi connectivity index (χ0v) is 20.9. The molecular weight excluding hydrogens is 470 g/mol. The van der Waals surface area contributed by atoms with Crippen LogP contribution in [0.4, 0.5) is 5.82 Å². The predicted octanol–water partition coefficient (Wildman–Crippen LogP) is 4.04. The van der Waals surface area contributed by atoms with Crippen LogP contribution in [0.2, 0.25) is 0 Å². The first-order valence-corrected chi connectivity index (χ1v) is 12.8. The molecule has 1 saturated heterocycles. The minimum Gasteiger partial charge on any atom is -0.497 e. The maximum Gasteiger partial charge on any atom is 0.236 e. The van der Waals surface area contributed by atoms with Gasteiger partial charge in [0, 0.05) is 19.3 Å². The van der Waals surface area contributed by atoms with Gasteiger partial charge in [0.2, 0.25) is 12.7 Å². The molecule has 0 spiro atoms. The topological polar surface area (TPSA) is 93.2 Å². The largest absolute Gasteiger partial charge is 0.497 e. The molecule has 1 aromatic heterocycles. The average molecular weight is 502 g/mol. The highest BCUT2D eigenvalue weighted by Gasteiger charge is 2.51. The van der Waals surface area contributed by atoms with Gasteiger partial charge in [-0.25, -0.2) is 4.98 Å². The lowest BCUT2D eigenvalue weighted by Gasteiger charge is -2.36. The lowest BCUT2D eigenvalue weighted by atomic mass is 9.94. The number of likely N-dealkylation sites (tertiary alicyclic amines) is 1. The summed E-state index contributed by atoms with van der Waals surface area (Å²) >= 11 is 0. The molecule has 192 valence electrons. The van der Waals surface area contributed by atoms with Crippen molar-refractivity contribution < 1.29 is 24.1 Å². The van der Waals surface area contributed by atoms with Crippen molar-refractivity contribution in [1.82, 2.24) is 9.88 Å². The van der Waals surface area contributed by atoms with Crippen molar-refractivity contribution in [2.24, 2.45) is 0 Å². The summed E-state index contributed by atoms with van der Waals surface area (Å²) in [5.41, 5.74) is 2.52. The Morgan fingerprint density at radius 1 is 1.08 bits per heavy atom. The maximum atomic E-state index is 13.3. The van der Waals surface area contributed by atoms with E-state index in [4.69, 9.17) is 14.2 Å². The van der Waals surface area contributed by atoms with Gasteiger partial charge in [-0.15, -0.1) is 0 Å². The van der Waals surface area contributed by atoms with Crippen molar-refractivity contribution in [3.8, 4) is 17.2 Å². The number of methoxy groups -OCH3 is 1. The number of ether oxygens (including phenoxy) is 3. The minimum absolute atomic E-state index is 0.0248. The molecule has 1 amide bonds. The predicted molar refractivity (Wildman–Crippen MR) is 138 cm³/mol. The Kier molecular flexibility index (Phi) is 6.22. The van der Waals surface area contributed by atoms with Crippen molar-refractivity contribution in [1.29, 1.82) is 0 Å². The number of hydrogen-bond donors (Lipinski definition) is 2. The van der Waals surface area contributed by atoms with E-state index in [0.29, 0.717) is 17.3 Å². The van der Waals surface area contributed by atoms with E-state index in [-0.39, 0.29) is 24.8 Å². The van der Waals surface area contributed by atoms with Crippen molar-refractivity contribution >= 4 is 11.7 Å².